The molecule has 0 aliphatic heterocycles. The molecule has 0 bridgehead atoms. The van der Waals surface area contributed by atoms with Gasteiger partial charge in [-0.05, 0) is 53.4 Å². The summed E-state index contributed by atoms with van der Waals surface area (Å²) in [4.78, 5) is 15.9. The predicted molar refractivity (Wildman–Crippen MR) is 104 cm³/mol. The molecule has 0 unspecified atom stereocenters. The fourth-order valence-electron chi connectivity index (χ4n) is 3.20. The second kappa shape index (κ2) is 6.45. The summed E-state index contributed by atoms with van der Waals surface area (Å²) in [6.07, 6.45) is 0. The number of carboxylic acids is 1. The van der Waals surface area contributed by atoms with E-state index in [1.165, 1.54) is 5.56 Å². The molecule has 0 fully saturated rings. The first-order valence-electron chi connectivity index (χ1n) is 8.42. The molecule has 4 aromatic rings. The molecule has 3 nitrogen and oxygen atoms in total. The van der Waals surface area contributed by atoms with E-state index >= 15 is 0 Å². The van der Waals surface area contributed by atoms with E-state index in [2.05, 4.69) is 41.4 Å². The molecule has 4 rings (SSSR count). The summed E-state index contributed by atoms with van der Waals surface area (Å²) < 4.78 is 0. The first-order chi connectivity index (χ1) is 12.6. The zero-order valence-electron chi connectivity index (χ0n) is 14.3. The van der Waals surface area contributed by atoms with Gasteiger partial charge < -0.3 is 5.11 Å². The second-order valence-electron chi connectivity index (χ2n) is 6.29. The Kier molecular flexibility index (Phi) is 3.98. The van der Waals surface area contributed by atoms with Gasteiger partial charge in [0.05, 0.1) is 11.1 Å². The second-order valence-corrected chi connectivity index (χ2v) is 6.29. The van der Waals surface area contributed by atoms with Crippen molar-refractivity contribution >= 4 is 16.9 Å². The molecule has 1 N–H and O–H groups in total. The largest absolute Gasteiger partial charge is 0.478 e. The van der Waals surface area contributed by atoms with Gasteiger partial charge in [0.25, 0.3) is 0 Å². The molecule has 0 aliphatic rings. The maximum Gasteiger partial charge on any atom is 0.335 e. The van der Waals surface area contributed by atoms with Crippen molar-refractivity contribution in [1.29, 1.82) is 0 Å². The maximum atomic E-state index is 11.3. The summed E-state index contributed by atoms with van der Waals surface area (Å²) in [5.74, 6) is -0.933. The lowest BCUT2D eigenvalue weighted by Crippen LogP contribution is -1.97. The van der Waals surface area contributed by atoms with Crippen LogP contribution in [0.5, 0.6) is 0 Å². The number of aromatic carboxylic acids is 1. The summed E-state index contributed by atoms with van der Waals surface area (Å²) >= 11 is 0. The molecule has 126 valence electrons. The highest BCUT2D eigenvalue weighted by atomic mass is 16.4. The number of aryl methyl sites for hydroxylation is 1. The minimum atomic E-state index is -0.933. The summed E-state index contributed by atoms with van der Waals surface area (Å²) in [5.41, 5.74) is 6.33. The van der Waals surface area contributed by atoms with Crippen LogP contribution < -0.4 is 0 Å². The molecule has 0 saturated heterocycles. The van der Waals surface area contributed by atoms with Crippen molar-refractivity contribution in [3.8, 4) is 22.3 Å². The molecule has 0 aliphatic carbocycles. The topological polar surface area (TPSA) is 50.2 Å². The minimum absolute atomic E-state index is 0.269. The highest BCUT2D eigenvalue weighted by molar-refractivity contribution is 6.00. The fraction of sp³-hybridized carbons (Fsp3) is 0.0435. The fourth-order valence-corrected chi connectivity index (χ4v) is 3.20. The third kappa shape index (κ3) is 2.95. The van der Waals surface area contributed by atoms with Crippen molar-refractivity contribution in [2.24, 2.45) is 0 Å². The van der Waals surface area contributed by atoms with Crippen molar-refractivity contribution in [1.82, 2.24) is 4.98 Å². The summed E-state index contributed by atoms with van der Waals surface area (Å²) in [6, 6.07) is 25.6. The van der Waals surface area contributed by atoms with Gasteiger partial charge in [-0.15, -0.1) is 0 Å². The van der Waals surface area contributed by atoms with E-state index in [0.717, 1.165) is 33.3 Å². The van der Waals surface area contributed by atoms with E-state index in [4.69, 9.17) is 0 Å². The molecule has 0 spiro atoms. The summed E-state index contributed by atoms with van der Waals surface area (Å²) in [6.45, 7) is 1.95. The summed E-state index contributed by atoms with van der Waals surface area (Å²) in [5, 5.41) is 10.2. The Hall–Kier alpha value is -3.46. The smallest absolute Gasteiger partial charge is 0.335 e. The number of carbonyl (C=O) groups is 1. The van der Waals surface area contributed by atoms with Crippen LogP contribution in [-0.4, -0.2) is 16.1 Å². The number of fused-ring (bicyclic) bond motifs is 1. The highest BCUT2D eigenvalue weighted by Crippen LogP contribution is 2.31. The van der Waals surface area contributed by atoms with Crippen LogP contribution in [0, 0.1) is 6.92 Å². The Morgan fingerprint density at radius 3 is 2.15 bits per heavy atom. The molecule has 0 atom stereocenters. The van der Waals surface area contributed by atoms with Crippen molar-refractivity contribution in [3.63, 3.8) is 0 Å². The van der Waals surface area contributed by atoms with E-state index in [1.54, 1.807) is 18.2 Å². The zero-order chi connectivity index (χ0) is 18.1. The predicted octanol–water partition coefficient (Wildman–Crippen LogP) is 5.58. The Morgan fingerprint density at radius 1 is 0.808 bits per heavy atom. The third-order valence-electron chi connectivity index (χ3n) is 4.49. The molecular formula is C23H17NO2. The van der Waals surface area contributed by atoms with Gasteiger partial charge in [0, 0.05) is 11.1 Å². The number of aromatic nitrogens is 1. The molecule has 0 amide bonds. The quantitative estimate of drug-likeness (QED) is 0.530. The average Bonchev–Trinajstić information content (AvgIpc) is 2.67. The SMILES string of the molecule is Cc1cc(-c2ccc(-c3ccccc3)cc2)c2cc(C(=O)O)ccc2n1. The lowest BCUT2D eigenvalue weighted by atomic mass is 9.96. The van der Waals surface area contributed by atoms with Crippen molar-refractivity contribution in [2.45, 2.75) is 6.92 Å². The number of hydrogen-bond acceptors (Lipinski definition) is 2. The van der Waals surface area contributed by atoms with Crippen LogP contribution in [0.2, 0.25) is 0 Å². The van der Waals surface area contributed by atoms with Gasteiger partial charge in [-0.25, -0.2) is 4.79 Å². The number of rotatable bonds is 3. The highest BCUT2D eigenvalue weighted by Gasteiger charge is 2.10. The number of nitrogens with zero attached hydrogens (tertiary/aromatic N) is 1. The van der Waals surface area contributed by atoms with Gasteiger partial charge in [-0.3, -0.25) is 4.98 Å². The molecule has 3 aromatic carbocycles. The lowest BCUT2D eigenvalue weighted by Gasteiger charge is -2.10. The van der Waals surface area contributed by atoms with Gasteiger partial charge in [0.2, 0.25) is 0 Å². The number of carboxylic acid groups (broad SMARTS) is 1. The molecule has 1 heterocycles. The van der Waals surface area contributed by atoms with Crippen LogP contribution in [0.15, 0.2) is 78.9 Å². The number of hydrogen-bond donors (Lipinski definition) is 1. The van der Waals surface area contributed by atoms with E-state index in [-0.39, 0.29) is 5.56 Å². The van der Waals surface area contributed by atoms with Crippen LogP contribution in [0.4, 0.5) is 0 Å². The van der Waals surface area contributed by atoms with Crippen LogP contribution >= 0.6 is 0 Å². The van der Waals surface area contributed by atoms with Gasteiger partial charge in [0.15, 0.2) is 0 Å². The van der Waals surface area contributed by atoms with Crippen molar-refractivity contribution in [3.05, 3.63) is 90.1 Å². The van der Waals surface area contributed by atoms with Gasteiger partial charge in [-0.1, -0.05) is 54.6 Å². The van der Waals surface area contributed by atoms with E-state index in [1.807, 2.05) is 31.2 Å². The van der Waals surface area contributed by atoms with Crippen molar-refractivity contribution in [2.75, 3.05) is 0 Å². The number of benzene rings is 3. The van der Waals surface area contributed by atoms with Crippen LogP contribution in [-0.2, 0) is 0 Å². The van der Waals surface area contributed by atoms with Gasteiger partial charge in [0.1, 0.15) is 0 Å². The first-order valence-corrected chi connectivity index (χ1v) is 8.42. The average molecular weight is 339 g/mol. The van der Waals surface area contributed by atoms with Gasteiger partial charge in [-0.2, -0.15) is 0 Å². The monoisotopic (exact) mass is 339 g/mol. The molecule has 3 heteroatoms. The number of pyridine rings is 1. The van der Waals surface area contributed by atoms with Crippen molar-refractivity contribution < 1.29 is 9.90 Å². The first kappa shape index (κ1) is 16.0. The Labute approximate surface area is 151 Å². The Bertz CT molecular complexity index is 1100. The molecule has 0 saturated carbocycles. The van der Waals surface area contributed by atoms with E-state index in [9.17, 15) is 9.90 Å². The maximum absolute atomic E-state index is 11.3. The molecular weight excluding hydrogens is 322 g/mol. The lowest BCUT2D eigenvalue weighted by molar-refractivity contribution is 0.0697. The Balaban J connectivity index is 1.85. The Morgan fingerprint density at radius 2 is 1.46 bits per heavy atom. The van der Waals surface area contributed by atoms with E-state index < -0.39 is 5.97 Å². The standard InChI is InChI=1S/C23H17NO2/c1-15-13-20(21-14-19(23(25)26)11-12-22(21)24-15)18-9-7-17(8-10-18)16-5-3-2-4-6-16/h2-14H,1H3,(H,25,26). The zero-order valence-corrected chi connectivity index (χ0v) is 14.3. The molecule has 26 heavy (non-hydrogen) atoms. The van der Waals surface area contributed by atoms with Gasteiger partial charge >= 0.3 is 5.97 Å². The van der Waals surface area contributed by atoms with E-state index in [0.29, 0.717) is 0 Å². The molecule has 1 aromatic heterocycles. The minimum Gasteiger partial charge on any atom is -0.478 e. The third-order valence-corrected chi connectivity index (χ3v) is 4.49. The summed E-state index contributed by atoms with van der Waals surface area (Å²) in [7, 11) is 0. The van der Waals surface area contributed by atoms with Crippen LogP contribution in [0.3, 0.4) is 0 Å². The van der Waals surface area contributed by atoms with Crippen LogP contribution in [0.25, 0.3) is 33.2 Å². The molecule has 0 radical (unpaired) electrons. The normalized spacial score (nSPS) is 10.8. The van der Waals surface area contributed by atoms with Crippen LogP contribution in [0.1, 0.15) is 16.1 Å².